The molecule has 10 heteroatoms. The van der Waals surface area contributed by atoms with Gasteiger partial charge in [-0.05, 0) is 377 Å². The van der Waals surface area contributed by atoms with Gasteiger partial charge in [0.15, 0.2) is 0 Å². The summed E-state index contributed by atoms with van der Waals surface area (Å²) in [6.07, 6.45) is 35.5. The Balaban J connectivity index is 0.000000139. The van der Waals surface area contributed by atoms with Gasteiger partial charge < -0.3 is 23.7 Å². The highest BCUT2D eigenvalue weighted by Gasteiger charge is 2.63. The molecule has 16 fully saturated rings. The van der Waals surface area contributed by atoms with Crippen LogP contribution in [0.15, 0.2) is 0 Å². The zero-order valence-electron chi connectivity index (χ0n) is 64.5. The van der Waals surface area contributed by atoms with Crippen molar-refractivity contribution in [3.8, 4) is 0 Å². The van der Waals surface area contributed by atoms with Crippen molar-refractivity contribution in [2.24, 2.45) is 134 Å². The van der Waals surface area contributed by atoms with E-state index in [9.17, 15) is 24.0 Å². The summed E-state index contributed by atoms with van der Waals surface area (Å²) < 4.78 is 30.5. The number of fused-ring (bicyclic) bond motifs is 4. The summed E-state index contributed by atoms with van der Waals surface area (Å²) >= 11 is 0. The zero-order valence-corrected chi connectivity index (χ0v) is 64.5. The van der Waals surface area contributed by atoms with Crippen LogP contribution in [0, 0.1) is 134 Å². The molecule has 16 aliphatic carbocycles. The largest absolute Gasteiger partial charge is 0.459 e. The van der Waals surface area contributed by atoms with Crippen LogP contribution in [-0.2, 0) is 47.7 Å². The highest BCUT2D eigenvalue weighted by molar-refractivity contribution is 5.78. The Kier molecular flexibility index (Phi) is 22.5. The normalized spacial score (nSPS) is 39.9. The summed E-state index contributed by atoms with van der Waals surface area (Å²) in [5, 5.41) is 0. The van der Waals surface area contributed by atoms with Crippen LogP contribution in [0.1, 0.15) is 339 Å². The van der Waals surface area contributed by atoms with Crippen molar-refractivity contribution < 1.29 is 47.7 Å². The van der Waals surface area contributed by atoms with E-state index in [1.165, 1.54) is 141 Å². The first-order valence-electron chi connectivity index (χ1n) is 39.9. The van der Waals surface area contributed by atoms with Crippen LogP contribution in [0.2, 0.25) is 0 Å². The minimum atomic E-state index is -0.352. The van der Waals surface area contributed by atoms with Crippen LogP contribution in [0.5, 0.6) is 0 Å². The van der Waals surface area contributed by atoms with E-state index in [0.29, 0.717) is 53.3 Å². The summed E-state index contributed by atoms with van der Waals surface area (Å²) in [7, 11) is 0. The third-order valence-electron chi connectivity index (χ3n) is 30.6. The van der Waals surface area contributed by atoms with Gasteiger partial charge in [-0.2, -0.15) is 0 Å². The Morgan fingerprint density at radius 3 is 1.05 bits per heavy atom. The quantitative estimate of drug-likeness (QED) is 0.0965. The number of carbonyl (C=O) groups excluding carboxylic acids is 5. The van der Waals surface area contributed by atoms with Gasteiger partial charge >= 0.3 is 29.8 Å². The highest BCUT2D eigenvalue weighted by atomic mass is 16.6. The summed E-state index contributed by atoms with van der Waals surface area (Å²) in [6.45, 7) is 45.7. The van der Waals surface area contributed by atoms with Crippen LogP contribution in [-0.4, -0.2) is 57.9 Å². The summed E-state index contributed by atoms with van der Waals surface area (Å²) in [5.41, 5.74) is -2.62. The Bertz CT molecular complexity index is 2570. The lowest BCUT2D eigenvalue weighted by Gasteiger charge is -2.62. The Labute approximate surface area is 574 Å². The van der Waals surface area contributed by atoms with E-state index in [2.05, 4.69) is 69.2 Å². The fourth-order valence-corrected chi connectivity index (χ4v) is 22.5. The molecule has 6 atom stereocenters. The second-order valence-corrected chi connectivity index (χ2v) is 39.3. The molecule has 0 heterocycles. The Morgan fingerprint density at radius 1 is 0.362 bits per heavy atom. The molecule has 16 aliphatic rings. The molecule has 16 bridgehead atoms. The zero-order chi connectivity index (χ0) is 69.3. The van der Waals surface area contributed by atoms with Gasteiger partial charge in [0.2, 0.25) is 0 Å². The van der Waals surface area contributed by atoms with E-state index >= 15 is 0 Å². The van der Waals surface area contributed by atoms with Crippen LogP contribution < -0.4 is 0 Å². The van der Waals surface area contributed by atoms with Crippen molar-refractivity contribution in [2.45, 2.75) is 367 Å². The van der Waals surface area contributed by atoms with Crippen LogP contribution in [0.3, 0.4) is 0 Å². The smallest absolute Gasteiger partial charge is 0.312 e. The second kappa shape index (κ2) is 28.1. The van der Waals surface area contributed by atoms with Gasteiger partial charge in [-0.1, -0.05) is 61.8 Å². The maximum Gasteiger partial charge on any atom is 0.312 e. The fourth-order valence-electron chi connectivity index (χ4n) is 22.5. The van der Waals surface area contributed by atoms with E-state index in [1.54, 1.807) is 0 Å². The lowest BCUT2D eigenvalue weighted by atomic mass is 9.47. The number of esters is 5. The van der Waals surface area contributed by atoms with Gasteiger partial charge in [0, 0.05) is 5.92 Å². The number of ether oxygens (including phenoxy) is 5. The number of rotatable bonds is 18. The molecule has 94 heavy (non-hydrogen) atoms. The monoisotopic (exact) mass is 1310 g/mol. The molecule has 0 aliphatic heterocycles. The van der Waals surface area contributed by atoms with Crippen molar-refractivity contribution in [1.29, 1.82) is 0 Å². The average molecular weight is 1310 g/mol. The van der Waals surface area contributed by atoms with Crippen LogP contribution in [0.25, 0.3) is 0 Å². The first-order chi connectivity index (χ1) is 43.7. The molecular weight excluding hydrogens is 1170 g/mol. The minimum Gasteiger partial charge on any atom is -0.459 e. The summed E-state index contributed by atoms with van der Waals surface area (Å²) in [4.78, 5) is 62.2. The van der Waals surface area contributed by atoms with Crippen molar-refractivity contribution in [2.75, 3.05) is 0 Å². The SMILES string of the molecule is CCC(C)(C)C(=O)OC(C)(C)C1CC2CCC1C2.CCC(C)(C)C(=O)OC1(C(C)C)C2CC3CC(C2)CC1C3.CCC(C)(C)C(=O)OC1(C)C2CC3CC(C2)CC1C3.CCC(C)(C)C(=O)OC1(C)CC2CCC1C2.CCC(C)(C)C(=O)OC1(CC)C2CC3CC(C2)CC1C3. The van der Waals surface area contributed by atoms with Crippen molar-refractivity contribution in [3.63, 3.8) is 0 Å². The molecular formula is C84H142O10. The van der Waals surface area contributed by atoms with Crippen molar-refractivity contribution in [1.82, 2.24) is 0 Å². The molecule has 0 aromatic carbocycles. The number of hydrogen-bond acceptors (Lipinski definition) is 10. The fraction of sp³-hybridized carbons (Fsp3) is 0.940. The predicted molar refractivity (Wildman–Crippen MR) is 378 cm³/mol. The standard InChI is InChI=1S/C19H32O2.C18H30O2.C17H28O2.C16H28O2.C14H24O2/c1-6-18(4,5)17(20)21-19(12(2)3)15-8-13-7-14(10-15)11-16(19)9-13;1-5-17(3,4)16(19)20-18(6-2)14-8-12-7-13(10-14)11-15(18)9-12;1-5-16(2,3)15(18)19-17(4)13-7-11-6-12(9-13)10-14(17)8-11;1-6-15(2,3)14(17)18-16(4,5)13-10-11-7-8-12(13)9-11;1-5-13(2,3)12(15)16-14(4)9-10-6-7-11(14)8-10/h12-16H,6-11H2,1-5H3;12-15H,5-11H2,1-4H3;11-14H,5-10H2,1-4H3;11-13H,6-10H2,1-5H3;10-11H,5-9H2,1-4H3. The Hall–Kier alpha value is -2.65. The maximum absolute atomic E-state index is 12.8. The summed E-state index contributed by atoms with van der Waals surface area (Å²) in [6, 6.07) is 0. The third-order valence-corrected chi connectivity index (χ3v) is 30.6. The molecule has 0 saturated heterocycles. The molecule has 0 radical (unpaired) electrons. The molecule has 0 aromatic rings. The minimum absolute atomic E-state index is 0.00921. The molecule has 10 nitrogen and oxygen atoms in total. The molecule has 0 aromatic heterocycles. The average Bonchev–Trinajstić information content (AvgIpc) is 1.18. The van der Waals surface area contributed by atoms with Crippen LogP contribution >= 0.6 is 0 Å². The van der Waals surface area contributed by atoms with Crippen LogP contribution in [0.4, 0.5) is 0 Å². The van der Waals surface area contributed by atoms with Gasteiger partial charge in [0.05, 0.1) is 27.1 Å². The Morgan fingerprint density at radius 2 is 0.713 bits per heavy atom. The number of carbonyl (C=O) groups is 5. The first-order valence-corrected chi connectivity index (χ1v) is 39.9. The second-order valence-electron chi connectivity index (χ2n) is 39.3. The molecule has 0 N–H and O–H groups in total. The van der Waals surface area contributed by atoms with Gasteiger partial charge in [0.25, 0.3) is 0 Å². The third kappa shape index (κ3) is 15.0. The summed E-state index contributed by atoms with van der Waals surface area (Å²) in [5.74, 6) is 13.5. The van der Waals surface area contributed by atoms with E-state index in [0.717, 1.165) is 98.2 Å². The van der Waals surface area contributed by atoms with Crippen molar-refractivity contribution in [3.05, 3.63) is 0 Å². The van der Waals surface area contributed by atoms with E-state index in [4.69, 9.17) is 23.7 Å². The molecule has 538 valence electrons. The lowest BCUT2D eigenvalue weighted by Crippen LogP contribution is -2.63. The van der Waals surface area contributed by atoms with E-state index < -0.39 is 0 Å². The van der Waals surface area contributed by atoms with E-state index in [-0.39, 0.29) is 84.9 Å². The maximum atomic E-state index is 12.8. The van der Waals surface area contributed by atoms with E-state index in [1.807, 2.05) is 83.1 Å². The molecule has 0 spiro atoms. The molecule has 6 unspecified atom stereocenters. The van der Waals surface area contributed by atoms with Gasteiger partial charge in [-0.15, -0.1) is 0 Å². The predicted octanol–water partition coefficient (Wildman–Crippen LogP) is 21.3. The first kappa shape index (κ1) is 75.5. The molecule has 16 rings (SSSR count). The van der Waals surface area contributed by atoms with Gasteiger partial charge in [0.1, 0.15) is 28.0 Å². The van der Waals surface area contributed by atoms with Gasteiger partial charge in [-0.25, -0.2) is 0 Å². The molecule has 0 amide bonds. The molecule has 16 saturated carbocycles. The lowest BCUT2D eigenvalue weighted by molar-refractivity contribution is -0.231. The van der Waals surface area contributed by atoms with Gasteiger partial charge in [-0.3, -0.25) is 24.0 Å². The van der Waals surface area contributed by atoms with Crippen molar-refractivity contribution >= 4 is 29.8 Å². The highest BCUT2D eigenvalue weighted by Crippen LogP contribution is 2.65. The topological polar surface area (TPSA) is 132 Å². The number of hydrogen-bond donors (Lipinski definition) is 0.